The Morgan fingerprint density at radius 3 is 3.00 bits per heavy atom. The first kappa shape index (κ1) is 12.1. The third kappa shape index (κ3) is 2.67. The second kappa shape index (κ2) is 5.32. The molecule has 1 aliphatic rings. The van der Waals surface area contributed by atoms with Crippen LogP contribution in [0.4, 0.5) is 5.69 Å². The predicted molar refractivity (Wildman–Crippen MR) is 70.4 cm³/mol. The van der Waals surface area contributed by atoms with Crippen molar-refractivity contribution < 1.29 is 4.79 Å². The van der Waals surface area contributed by atoms with Crippen molar-refractivity contribution >= 4 is 11.6 Å². The van der Waals surface area contributed by atoms with Crippen LogP contribution in [0.1, 0.15) is 24.5 Å². The second-order valence-electron chi connectivity index (χ2n) is 4.59. The maximum Gasteiger partial charge on any atom is 0.223 e. The van der Waals surface area contributed by atoms with Crippen LogP contribution < -0.4 is 10.2 Å². The Morgan fingerprint density at radius 2 is 2.29 bits per heavy atom. The van der Waals surface area contributed by atoms with Crippen LogP contribution in [0, 0.1) is 0 Å². The van der Waals surface area contributed by atoms with Crippen LogP contribution in [-0.2, 0) is 17.6 Å². The second-order valence-corrected chi connectivity index (χ2v) is 4.59. The number of carbonyl (C=O) groups excluding carboxylic acids is 1. The Bertz CT molecular complexity index is 415. The highest BCUT2D eigenvalue weighted by molar-refractivity contribution is 5.92. The number of amides is 1. The van der Waals surface area contributed by atoms with Gasteiger partial charge in [-0.15, -0.1) is 0 Å². The van der Waals surface area contributed by atoms with Gasteiger partial charge in [0.25, 0.3) is 0 Å². The van der Waals surface area contributed by atoms with Gasteiger partial charge in [0.1, 0.15) is 0 Å². The quantitative estimate of drug-likeness (QED) is 0.861. The van der Waals surface area contributed by atoms with Crippen molar-refractivity contribution in [1.29, 1.82) is 0 Å². The molecule has 1 aromatic rings. The molecule has 0 spiro atoms. The van der Waals surface area contributed by atoms with Gasteiger partial charge in [0, 0.05) is 19.2 Å². The topological polar surface area (TPSA) is 32.3 Å². The highest BCUT2D eigenvalue weighted by Crippen LogP contribution is 2.28. The molecule has 3 heteroatoms. The van der Waals surface area contributed by atoms with Crippen molar-refractivity contribution in [3.05, 3.63) is 29.3 Å². The third-order valence-corrected chi connectivity index (χ3v) is 3.31. The van der Waals surface area contributed by atoms with Gasteiger partial charge in [-0.2, -0.15) is 0 Å². The Balaban J connectivity index is 2.23. The number of hydrogen-bond acceptors (Lipinski definition) is 2. The van der Waals surface area contributed by atoms with E-state index in [0.29, 0.717) is 0 Å². The van der Waals surface area contributed by atoms with Crippen LogP contribution in [0.15, 0.2) is 18.2 Å². The maximum absolute atomic E-state index is 11.5. The minimum absolute atomic E-state index is 0.147. The Labute approximate surface area is 103 Å². The normalized spacial score (nSPS) is 14.6. The van der Waals surface area contributed by atoms with E-state index in [1.165, 1.54) is 11.1 Å². The number of fused-ring (bicyclic) bond motifs is 1. The molecule has 1 aliphatic heterocycles. The molecule has 0 unspecified atom stereocenters. The minimum atomic E-state index is 0.147. The molecule has 92 valence electrons. The third-order valence-electron chi connectivity index (χ3n) is 3.31. The summed E-state index contributed by atoms with van der Waals surface area (Å²) in [5.41, 5.74) is 3.78. The molecular formula is C14H20N2O. The van der Waals surface area contributed by atoms with Gasteiger partial charge >= 0.3 is 0 Å². The number of anilines is 1. The molecule has 1 amide bonds. The fourth-order valence-electron chi connectivity index (χ4n) is 2.40. The van der Waals surface area contributed by atoms with E-state index in [-0.39, 0.29) is 5.91 Å². The molecule has 0 saturated heterocycles. The number of carbonyl (C=O) groups is 1. The van der Waals surface area contributed by atoms with Gasteiger partial charge in [-0.05, 0) is 50.0 Å². The molecule has 0 fully saturated rings. The van der Waals surface area contributed by atoms with Crippen LogP contribution in [-0.4, -0.2) is 26.0 Å². The largest absolute Gasteiger partial charge is 0.319 e. The van der Waals surface area contributed by atoms with Crippen LogP contribution >= 0.6 is 0 Å². The summed E-state index contributed by atoms with van der Waals surface area (Å²) in [6.45, 7) is 3.50. The summed E-state index contributed by atoms with van der Waals surface area (Å²) >= 11 is 0. The number of rotatable bonds is 3. The average molecular weight is 232 g/mol. The molecule has 1 aromatic carbocycles. The van der Waals surface area contributed by atoms with Crippen LogP contribution in [0.25, 0.3) is 0 Å². The molecule has 3 nitrogen and oxygen atoms in total. The highest BCUT2D eigenvalue weighted by Gasteiger charge is 2.19. The van der Waals surface area contributed by atoms with Crippen molar-refractivity contribution in [3.8, 4) is 0 Å². The number of benzene rings is 1. The number of likely N-dealkylation sites (N-methyl/N-ethyl adjacent to an activating group) is 1. The van der Waals surface area contributed by atoms with E-state index < -0.39 is 0 Å². The van der Waals surface area contributed by atoms with E-state index >= 15 is 0 Å². The van der Waals surface area contributed by atoms with E-state index in [1.54, 1.807) is 6.92 Å². The summed E-state index contributed by atoms with van der Waals surface area (Å²) in [6.07, 6.45) is 3.21. The van der Waals surface area contributed by atoms with Gasteiger partial charge in [-0.25, -0.2) is 0 Å². The highest BCUT2D eigenvalue weighted by atomic mass is 16.2. The molecule has 0 bridgehead atoms. The van der Waals surface area contributed by atoms with Crippen molar-refractivity contribution in [2.75, 3.05) is 25.0 Å². The van der Waals surface area contributed by atoms with Crippen molar-refractivity contribution in [1.82, 2.24) is 5.32 Å². The summed E-state index contributed by atoms with van der Waals surface area (Å²) in [5.74, 6) is 0.147. The van der Waals surface area contributed by atoms with Crippen LogP contribution in [0.5, 0.6) is 0 Å². The monoisotopic (exact) mass is 232 g/mol. The molecule has 0 aromatic heterocycles. The summed E-state index contributed by atoms with van der Waals surface area (Å²) in [7, 11) is 1.97. The number of aryl methyl sites for hydroxylation is 1. The summed E-state index contributed by atoms with van der Waals surface area (Å²) in [5, 5.41) is 3.16. The molecule has 0 atom stereocenters. The van der Waals surface area contributed by atoms with Gasteiger partial charge in [0.05, 0.1) is 0 Å². The van der Waals surface area contributed by atoms with E-state index in [9.17, 15) is 4.79 Å². The van der Waals surface area contributed by atoms with E-state index in [4.69, 9.17) is 0 Å². The Kier molecular flexibility index (Phi) is 3.79. The number of hydrogen-bond donors (Lipinski definition) is 1. The van der Waals surface area contributed by atoms with E-state index in [0.717, 1.165) is 38.0 Å². The first-order chi connectivity index (χ1) is 8.22. The number of nitrogens with one attached hydrogen (secondary N) is 1. The first-order valence-electron chi connectivity index (χ1n) is 6.27. The molecule has 0 aliphatic carbocycles. The Hall–Kier alpha value is -1.35. The van der Waals surface area contributed by atoms with Gasteiger partial charge in [0.2, 0.25) is 5.91 Å². The lowest BCUT2D eigenvalue weighted by atomic mass is 9.98. The van der Waals surface area contributed by atoms with Crippen LogP contribution in [0.3, 0.4) is 0 Å². The SMILES string of the molecule is CNCCc1ccc2c(c1)CCCN2C(C)=O. The lowest BCUT2D eigenvalue weighted by molar-refractivity contribution is -0.116. The van der Waals surface area contributed by atoms with Crippen molar-refractivity contribution in [3.63, 3.8) is 0 Å². The lowest BCUT2D eigenvalue weighted by Crippen LogP contribution is -2.33. The molecule has 2 rings (SSSR count). The maximum atomic E-state index is 11.5. The molecule has 1 heterocycles. The zero-order chi connectivity index (χ0) is 12.3. The summed E-state index contributed by atoms with van der Waals surface area (Å²) in [6, 6.07) is 6.49. The molecular weight excluding hydrogens is 212 g/mol. The zero-order valence-corrected chi connectivity index (χ0v) is 10.6. The van der Waals surface area contributed by atoms with Crippen molar-refractivity contribution in [2.24, 2.45) is 0 Å². The molecule has 0 radical (unpaired) electrons. The number of nitrogens with zero attached hydrogens (tertiary/aromatic N) is 1. The van der Waals surface area contributed by atoms with E-state index in [2.05, 4.69) is 23.5 Å². The predicted octanol–water partition coefficient (Wildman–Crippen LogP) is 1.75. The van der Waals surface area contributed by atoms with Crippen LogP contribution in [0.2, 0.25) is 0 Å². The summed E-state index contributed by atoms with van der Waals surface area (Å²) < 4.78 is 0. The van der Waals surface area contributed by atoms with Gasteiger partial charge in [0.15, 0.2) is 0 Å². The van der Waals surface area contributed by atoms with E-state index in [1.807, 2.05) is 11.9 Å². The van der Waals surface area contributed by atoms with Gasteiger partial charge < -0.3 is 10.2 Å². The van der Waals surface area contributed by atoms with Crippen molar-refractivity contribution in [2.45, 2.75) is 26.2 Å². The molecule has 1 N–H and O–H groups in total. The fourth-order valence-corrected chi connectivity index (χ4v) is 2.40. The molecule has 0 saturated carbocycles. The standard InChI is InChI=1S/C14H20N2O/c1-11(17)16-9-3-4-13-10-12(7-8-15-2)5-6-14(13)16/h5-6,10,15H,3-4,7-9H2,1-2H3. The lowest BCUT2D eigenvalue weighted by Gasteiger charge is -2.29. The smallest absolute Gasteiger partial charge is 0.223 e. The Morgan fingerprint density at radius 1 is 1.47 bits per heavy atom. The summed E-state index contributed by atoms with van der Waals surface area (Å²) in [4.78, 5) is 13.4. The van der Waals surface area contributed by atoms with Gasteiger partial charge in [-0.1, -0.05) is 12.1 Å². The molecule has 17 heavy (non-hydrogen) atoms. The van der Waals surface area contributed by atoms with Gasteiger partial charge in [-0.3, -0.25) is 4.79 Å². The average Bonchev–Trinajstić information content (AvgIpc) is 2.35. The fraction of sp³-hybridized carbons (Fsp3) is 0.500. The minimum Gasteiger partial charge on any atom is -0.319 e. The zero-order valence-electron chi connectivity index (χ0n) is 10.6. The first-order valence-corrected chi connectivity index (χ1v) is 6.27.